The van der Waals surface area contributed by atoms with Gasteiger partial charge >= 0.3 is 5.97 Å². The zero-order valence-corrected chi connectivity index (χ0v) is 18.0. The summed E-state index contributed by atoms with van der Waals surface area (Å²) >= 11 is 0. The van der Waals surface area contributed by atoms with Crippen molar-refractivity contribution in [3.05, 3.63) is 71.3 Å². The van der Waals surface area contributed by atoms with Crippen molar-refractivity contribution in [2.45, 2.75) is 38.0 Å². The second-order valence-electron chi connectivity index (χ2n) is 7.87. The van der Waals surface area contributed by atoms with Crippen LogP contribution in [0, 0.1) is 0 Å². The predicted octanol–water partition coefficient (Wildman–Crippen LogP) is 3.01. The molecule has 0 aromatic heterocycles. The van der Waals surface area contributed by atoms with E-state index in [1.165, 1.54) is 37.7 Å². The highest BCUT2D eigenvalue weighted by molar-refractivity contribution is 5.98. The normalized spacial score (nSPS) is 13.8. The molecule has 1 saturated carbocycles. The van der Waals surface area contributed by atoms with Crippen LogP contribution in [0.25, 0.3) is 0 Å². The molecule has 2 amide bonds. The van der Waals surface area contributed by atoms with Crippen molar-refractivity contribution in [3.63, 3.8) is 0 Å². The standard InChI is InChI=1S/C25H28N2O5/c28-22(20-13-11-19(12-14-20)18-7-3-1-4-8-18)17-32-24(30)16-26-23(29)15-27-25(31)21-9-5-2-6-10-21/h2,5-6,9-14,18H,1,3-4,7-8,15-17H2,(H,26,29)(H,27,31). The number of benzene rings is 2. The predicted molar refractivity (Wildman–Crippen MR) is 119 cm³/mol. The topological polar surface area (TPSA) is 102 Å². The number of esters is 1. The van der Waals surface area contributed by atoms with Crippen LogP contribution in [0.2, 0.25) is 0 Å². The van der Waals surface area contributed by atoms with Crippen molar-refractivity contribution in [1.82, 2.24) is 10.6 Å². The van der Waals surface area contributed by atoms with Gasteiger partial charge in [-0.25, -0.2) is 0 Å². The molecular weight excluding hydrogens is 408 g/mol. The highest BCUT2D eigenvalue weighted by Gasteiger charge is 2.16. The number of carbonyl (C=O) groups excluding carboxylic acids is 4. The van der Waals surface area contributed by atoms with Gasteiger partial charge in [-0.1, -0.05) is 61.7 Å². The highest BCUT2D eigenvalue weighted by atomic mass is 16.5. The van der Waals surface area contributed by atoms with E-state index in [9.17, 15) is 19.2 Å². The van der Waals surface area contributed by atoms with Gasteiger partial charge in [0, 0.05) is 11.1 Å². The molecule has 0 radical (unpaired) electrons. The van der Waals surface area contributed by atoms with E-state index in [0.29, 0.717) is 17.0 Å². The van der Waals surface area contributed by atoms with Crippen molar-refractivity contribution < 1.29 is 23.9 Å². The summed E-state index contributed by atoms with van der Waals surface area (Å²) in [6.07, 6.45) is 6.16. The van der Waals surface area contributed by atoms with Crippen LogP contribution in [0.4, 0.5) is 0 Å². The van der Waals surface area contributed by atoms with Gasteiger partial charge in [-0.3, -0.25) is 19.2 Å². The smallest absolute Gasteiger partial charge is 0.325 e. The maximum atomic E-state index is 12.3. The third-order valence-electron chi connectivity index (χ3n) is 5.55. The van der Waals surface area contributed by atoms with Crippen LogP contribution in [0.1, 0.15) is 64.3 Å². The monoisotopic (exact) mass is 436 g/mol. The number of ether oxygens (including phenoxy) is 1. The summed E-state index contributed by atoms with van der Waals surface area (Å²) in [5.74, 6) is -1.37. The molecule has 1 aliphatic carbocycles. The molecule has 0 aliphatic heterocycles. The molecule has 2 aromatic carbocycles. The molecule has 32 heavy (non-hydrogen) atoms. The van der Waals surface area contributed by atoms with Crippen LogP contribution in [-0.4, -0.2) is 43.3 Å². The Morgan fingerprint density at radius 3 is 2.16 bits per heavy atom. The van der Waals surface area contributed by atoms with Crippen LogP contribution in [0.15, 0.2) is 54.6 Å². The Hall–Kier alpha value is -3.48. The van der Waals surface area contributed by atoms with Gasteiger partial charge in [0.25, 0.3) is 5.91 Å². The van der Waals surface area contributed by atoms with Gasteiger partial charge in [0.15, 0.2) is 12.4 Å². The fraction of sp³-hybridized carbons (Fsp3) is 0.360. The lowest BCUT2D eigenvalue weighted by molar-refractivity contribution is -0.142. The zero-order chi connectivity index (χ0) is 22.8. The van der Waals surface area contributed by atoms with Gasteiger partial charge in [0.2, 0.25) is 5.91 Å². The van der Waals surface area contributed by atoms with E-state index in [1.54, 1.807) is 42.5 Å². The first-order valence-electron chi connectivity index (χ1n) is 10.9. The van der Waals surface area contributed by atoms with Crippen molar-refractivity contribution in [3.8, 4) is 0 Å². The molecular formula is C25H28N2O5. The maximum absolute atomic E-state index is 12.3. The first-order chi connectivity index (χ1) is 15.5. The van der Waals surface area contributed by atoms with E-state index in [0.717, 1.165) is 0 Å². The minimum absolute atomic E-state index is 0.271. The summed E-state index contributed by atoms with van der Waals surface area (Å²) in [5, 5.41) is 4.82. The number of amides is 2. The lowest BCUT2D eigenvalue weighted by Gasteiger charge is -2.22. The summed E-state index contributed by atoms with van der Waals surface area (Å²) in [6, 6.07) is 16.0. The second-order valence-corrected chi connectivity index (χ2v) is 7.87. The molecule has 7 heteroatoms. The van der Waals surface area contributed by atoms with Crippen molar-refractivity contribution in [1.29, 1.82) is 0 Å². The fourth-order valence-electron chi connectivity index (χ4n) is 3.74. The molecule has 0 spiro atoms. The van der Waals surface area contributed by atoms with Crippen molar-refractivity contribution in [2.75, 3.05) is 19.7 Å². The van der Waals surface area contributed by atoms with Crippen molar-refractivity contribution >= 4 is 23.6 Å². The largest absolute Gasteiger partial charge is 0.456 e. The SMILES string of the molecule is O=C(CNC(=O)c1ccccc1)NCC(=O)OCC(=O)c1ccc(C2CCCCC2)cc1. The van der Waals surface area contributed by atoms with E-state index in [-0.39, 0.29) is 31.4 Å². The summed E-state index contributed by atoms with van der Waals surface area (Å²) in [7, 11) is 0. The average Bonchev–Trinajstić information content (AvgIpc) is 2.85. The van der Waals surface area contributed by atoms with Crippen LogP contribution in [0.5, 0.6) is 0 Å². The number of hydrogen-bond donors (Lipinski definition) is 2. The lowest BCUT2D eigenvalue weighted by atomic mass is 9.84. The molecule has 2 N–H and O–H groups in total. The van der Waals surface area contributed by atoms with E-state index in [4.69, 9.17) is 4.74 Å². The van der Waals surface area contributed by atoms with Crippen molar-refractivity contribution in [2.24, 2.45) is 0 Å². The molecule has 0 atom stereocenters. The zero-order valence-electron chi connectivity index (χ0n) is 18.0. The third kappa shape index (κ3) is 7.04. The van der Waals surface area contributed by atoms with E-state index < -0.39 is 11.9 Å². The Morgan fingerprint density at radius 1 is 0.781 bits per heavy atom. The Labute approximate surface area is 187 Å². The minimum Gasteiger partial charge on any atom is -0.456 e. The van der Waals surface area contributed by atoms with Crippen LogP contribution in [0.3, 0.4) is 0 Å². The first kappa shape index (κ1) is 23.2. The van der Waals surface area contributed by atoms with Gasteiger partial charge in [-0.15, -0.1) is 0 Å². The number of ketones is 1. The molecule has 2 aromatic rings. The quantitative estimate of drug-likeness (QED) is 0.465. The maximum Gasteiger partial charge on any atom is 0.325 e. The third-order valence-corrected chi connectivity index (χ3v) is 5.55. The Morgan fingerprint density at radius 2 is 1.47 bits per heavy atom. The Kier molecular flexibility index (Phi) is 8.54. The molecule has 168 valence electrons. The summed E-state index contributed by atoms with van der Waals surface area (Å²) in [4.78, 5) is 47.8. The number of rotatable bonds is 9. The molecule has 3 rings (SSSR count). The van der Waals surface area contributed by atoms with E-state index in [2.05, 4.69) is 10.6 Å². The van der Waals surface area contributed by atoms with Crippen LogP contribution in [-0.2, 0) is 14.3 Å². The summed E-state index contributed by atoms with van der Waals surface area (Å²) in [6.45, 7) is -1.04. The fourth-order valence-corrected chi connectivity index (χ4v) is 3.74. The van der Waals surface area contributed by atoms with Crippen LogP contribution >= 0.6 is 0 Å². The molecule has 7 nitrogen and oxygen atoms in total. The van der Waals surface area contributed by atoms with Gasteiger partial charge in [-0.2, -0.15) is 0 Å². The molecule has 0 saturated heterocycles. The van der Waals surface area contributed by atoms with Gasteiger partial charge < -0.3 is 15.4 Å². The molecule has 1 fully saturated rings. The summed E-state index contributed by atoms with van der Waals surface area (Å²) < 4.78 is 4.96. The van der Waals surface area contributed by atoms with E-state index in [1.807, 2.05) is 12.1 Å². The second kappa shape index (κ2) is 11.8. The average molecular weight is 437 g/mol. The van der Waals surface area contributed by atoms with Gasteiger partial charge in [-0.05, 0) is 36.5 Å². The molecule has 1 aliphatic rings. The molecule has 0 bridgehead atoms. The molecule has 0 unspecified atom stereocenters. The number of Topliss-reactive ketones (excluding diaryl/α,β-unsaturated/α-hetero) is 1. The summed E-state index contributed by atoms with van der Waals surface area (Å²) in [5.41, 5.74) is 2.18. The Balaban J connectivity index is 1.34. The first-order valence-corrected chi connectivity index (χ1v) is 10.9. The number of hydrogen-bond acceptors (Lipinski definition) is 5. The minimum atomic E-state index is -0.722. The molecule has 0 heterocycles. The van der Waals surface area contributed by atoms with Gasteiger partial charge in [0.05, 0.1) is 6.54 Å². The number of nitrogens with one attached hydrogen (secondary N) is 2. The van der Waals surface area contributed by atoms with Crippen LogP contribution < -0.4 is 10.6 Å². The van der Waals surface area contributed by atoms with Gasteiger partial charge in [0.1, 0.15) is 6.54 Å². The number of carbonyl (C=O) groups is 4. The lowest BCUT2D eigenvalue weighted by Crippen LogP contribution is -2.39. The Bertz CT molecular complexity index is 935. The van der Waals surface area contributed by atoms with E-state index >= 15 is 0 Å². The highest BCUT2D eigenvalue weighted by Crippen LogP contribution is 2.32.